The number of hydrogen-bond acceptors (Lipinski definition) is 6. The molecule has 1 aromatic heterocycles. The Balaban J connectivity index is 1.35. The van der Waals surface area contributed by atoms with E-state index >= 15 is 0 Å². The minimum absolute atomic E-state index is 0.946. The molecule has 7 aromatic rings. The van der Waals surface area contributed by atoms with Gasteiger partial charge in [0, 0.05) is 53.9 Å². The van der Waals surface area contributed by atoms with E-state index in [1.165, 1.54) is 53.1 Å². The van der Waals surface area contributed by atoms with Crippen LogP contribution in [0.25, 0.3) is 33.3 Å². The number of aromatic nitrogens is 2. The molecule has 0 spiro atoms. The summed E-state index contributed by atoms with van der Waals surface area (Å²) in [4.78, 5) is 19.5. The third kappa shape index (κ3) is 3.32. The predicted molar refractivity (Wildman–Crippen MR) is 182 cm³/mol. The first-order valence-electron chi connectivity index (χ1n) is 14.6. The third-order valence-electron chi connectivity index (χ3n) is 8.67. The van der Waals surface area contributed by atoms with Crippen LogP contribution in [0, 0.1) is 0 Å². The minimum Gasteiger partial charge on any atom is -0.308 e. The maximum absolute atomic E-state index is 4.83. The molecule has 3 heterocycles. The SMILES string of the molecule is c1ccc2c(c1)Sc1ccccc1N2c1ccc2c3c(ccc(N4c5ccccc5Sc5ccccc54)c13)-c1nccnc1-2. The molecule has 1 aliphatic carbocycles. The van der Waals surface area contributed by atoms with Gasteiger partial charge >= 0.3 is 0 Å². The second kappa shape index (κ2) is 9.23. The lowest BCUT2D eigenvalue weighted by atomic mass is 9.97. The molecule has 0 saturated heterocycles. The standard InChI is InChI=1S/C38H22N4S2/c1-5-13-31-25(9-1)41(26-10-2-6-14-32(26)43-31)29-19-17-23-35-24(38-37(23)39-21-22-40-38)18-20-30(36(29)35)42-27-11-3-7-15-33(27)44-34-16-8-4-12-28(34)42/h1-22H. The van der Waals surface area contributed by atoms with Gasteiger partial charge in [0.15, 0.2) is 0 Å². The molecule has 0 bridgehead atoms. The number of para-hydroxylation sites is 4. The Kier molecular flexibility index (Phi) is 5.12. The molecule has 6 aromatic carbocycles. The molecular formula is C38H22N4S2. The first kappa shape index (κ1) is 24.4. The van der Waals surface area contributed by atoms with E-state index < -0.39 is 0 Å². The lowest BCUT2D eigenvalue weighted by molar-refractivity contribution is 1.16. The van der Waals surface area contributed by atoms with Gasteiger partial charge in [0.1, 0.15) is 0 Å². The lowest BCUT2D eigenvalue weighted by Gasteiger charge is -2.37. The molecule has 4 nitrogen and oxygen atoms in total. The van der Waals surface area contributed by atoms with Gasteiger partial charge < -0.3 is 9.80 Å². The average molecular weight is 599 g/mol. The average Bonchev–Trinajstić information content (AvgIpc) is 3.41. The van der Waals surface area contributed by atoms with Gasteiger partial charge in [-0.2, -0.15) is 0 Å². The van der Waals surface area contributed by atoms with Gasteiger partial charge in [-0.3, -0.25) is 9.97 Å². The van der Waals surface area contributed by atoms with Crippen LogP contribution in [0.1, 0.15) is 0 Å². The Morgan fingerprint density at radius 2 is 0.727 bits per heavy atom. The van der Waals surface area contributed by atoms with Gasteiger partial charge in [0.25, 0.3) is 0 Å². The van der Waals surface area contributed by atoms with E-state index in [2.05, 4.69) is 131 Å². The molecule has 2 aliphatic heterocycles. The van der Waals surface area contributed by atoms with Gasteiger partial charge in [-0.15, -0.1) is 0 Å². The topological polar surface area (TPSA) is 32.3 Å². The van der Waals surface area contributed by atoms with E-state index in [4.69, 9.17) is 9.97 Å². The third-order valence-corrected chi connectivity index (χ3v) is 10.9. The van der Waals surface area contributed by atoms with Crippen LogP contribution < -0.4 is 9.80 Å². The number of nitrogens with zero attached hydrogens (tertiary/aromatic N) is 4. The lowest BCUT2D eigenvalue weighted by Crippen LogP contribution is -2.18. The Labute approximate surface area is 263 Å². The first-order chi connectivity index (χ1) is 21.8. The zero-order valence-corrected chi connectivity index (χ0v) is 24.9. The number of rotatable bonds is 2. The van der Waals surface area contributed by atoms with Crippen molar-refractivity contribution in [1.82, 2.24) is 9.97 Å². The molecule has 44 heavy (non-hydrogen) atoms. The zero-order valence-electron chi connectivity index (χ0n) is 23.3. The summed E-state index contributed by atoms with van der Waals surface area (Å²) in [7, 11) is 0. The van der Waals surface area contributed by atoms with Crippen LogP contribution in [0.15, 0.2) is 153 Å². The van der Waals surface area contributed by atoms with Crippen molar-refractivity contribution in [1.29, 1.82) is 0 Å². The number of hydrogen-bond donors (Lipinski definition) is 0. The Hall–Kier alpha value is -5.04. The van der Waals surface area contributed by atoms with E-state index in [-0.39, 0.29) is 0 Å². The molecule has 0 atom stereocenters. The van der Waals surface area contributed by atoms with Gasteiger partial charge in [-0.25, -0.2) is 0 Å². The molecule has 0 radical (unpaired) electrons. The number of fused-ring (bicyclic) bond motifs is 7. The van der Waals surface area contributed by atoms with Gasteiger partial charge in [0.05, 0.1) is 45.5 Å². The molecule has 0 N–H and O–H groups in total. The van der Waals surface area contributed by atoms with Gasteiger partial charge in [-0.05, 0) is 72.8 Å². The second-order valence-electron chi connectivity index (χ2n) is 11.0. The zero-order chi connectivity index (χ0) is 28.8. The summed E-state index contributed by atoms with van der Waals surface area (Å²) in [6.07, 6.45) is 3.60. The highest BCUT2D eigenvalue weighted by Crippen LogP contribution is 2.59. The number of anilines is 6. The van der Waals surface area contributed by atoms with Crippen molar-refractivity contribution in [2.45, 2.75) is 19.6 Å². The molecule has 0 fully saturated rings. The van der Waals surface area contributed by atoms with E-state index in [1.54, 1.807) is 12.4 Å². The van der Waals surface area contributed by atoms with Crippen molar-refractivity contribution in [3.8, 4) is 22.5 Å². The molecule has 3 aliphatic rings. The maximum atomic E-state index is 4.83. The fourth-order valence-corrected chi connectivity index (χ4v) is 9.00. The largest absolute Gasteiger partial charge is 0.308 e. The van der Waals surface area contributed by atoms with Crippen LogP contribution >= 0.6 is 23.5 Å². The van der Waals surface area contributed by atoms with Crippen LogP contribution in [0.5, 0.6) is 0 Å². The summed E-state index contributed by atoms with van der Waals surface area (Å²) in [6, 6.07) is 44.0. The monoisotopic (exact) mass is 598 g/mol. The molecule has 10 rings (SSSR count). The van der Waals surface area contributed by atoms with Crippen molar-refractivity contribution < 1.29 is 0 Å². The van der Waals surface area contributed by atoms with E-state index in [1.807, 2.05) is 23.5 Å². The van der Waals surface area contributed by atoms with Crippen molar-refractivity contribution in [3.05, 3.63) is 134 Å². The Bertz CT molecular complexity index is 2080. The molecule has 0 unspecified atom stereocenters. The van der Waals surface area contributed by atoms with Crippen LogP contribution in [0.3, 0.4) is 0 Å². The summed E-state index contributed by atoms with van der Waals surface area (Å²) in [6.45, 7) is 0. The Morgan fingerprint density at radius 1 is 0.364 bits per heavy atom. The van der Waals surface area contributed by atoms with Crippen molar-refractivity contribution in [3.63, 3.8) is 0 Å². The fourth-order valence-electron chi connectivity index (χ4n) is 6.89. The van der Waals surface area contributed by atoms with E-state index in [0.717, 1.165) is 33.9 Å². The highest BCUT2D eigenvalue weighted by Gasteiger charge is 2.34. The molecule has 0 amide bonds. The van der Waals surface area contributed by atoms with Crippen LogP contribution in [-0.4, -0.2) is 9.97 Å². The predicted octanol–water partition coefficient (Wildman–Crippen LogP) is 11.1. The number of benzene rings is 6. The summed E-state index contributed by atoms with van der Waals surface area (Å²) in [5, 5.41) is 2.38. The van der Waals surface area contributed by atoms with E-state index in [0.29, 0.717) is 0 Å². The highest BCUT2D eigenvalue weighted by atomic mass is 32.2. The van der Waals surface area contributed by atoms with Gasteiger partial charge in [0.2, 0.25) is 0 Å². The van der Waals surface area contributed by atoms with Crippen molar-refractivity contribution >= 4 is 68.4 Å². The van der Waals surface area contributed by atoms with Crippen molar-refractivity contribution in [2.24, 2.45) is 0 Å². The van der Waals surface area contributed by atoms with Gasteiger partial charge in [-0.1, -0.05) is 72.1 Å². The molecular weight excluding hydrogens is 577 g/mol. The quantitative estimate of drug-likeness (QED) is 0.197. The molecule has 0 saturated carbocycles. The van der Waals surface area contributed by atoms with Crippen LogP contribution in [0.2, 0.25) is 0 Å². The molecule has 6 heteroatoms. The van der Waals surface area contributed by atoms with Crippen LogP contribution in [-0.2, 0) is 0 Å². The smallest absolute Gasteiger partial charge is 0.0971 e. The summed E-state index contributed by atoms with van der Waals surface area (Å²) >= 11 is 3.67. The van der Waals surface area contributed by atoms with Crippen LogP contribution in [0.4, 0.5) is 34.1 Å². The fraction of sp³-hybridized carbons (Fsp3) is 0. The normalized spacial score (nSPS) is 13.6. The first-order valence-corrected chi connectivity index (χ1v) is 16.2. The summed E-state index contributed by atoms with van der Waals surface area (Å²) in [5.74, 6) is 0. The summed E-state index contributed by atoms with van der Waals surface area (Å²) in [5.41, 5.74) is 11.2. The molecule has 206 valence electrons. The van der Waals surface area contributed by atoms with Crippen molar-refractivity contribution in [2.75, 3.05) is 9.80 Å². The maximum Gasteiger partial charge on any atom is 0.0971 e. The minimum atomic E-state index is 0.946. The summed E-state index contributed by atoms with van der Waals surface area (Å²) < 4.78 is 0. The Morgan fingerprint density at radius 3 is 1.11 bits per heavy atom. The van der Waals surface area contributed by atoms with E-state index in [9.17, 15) is 0 Å². The second-order valence-corrected chi connectivity index (χ2v) is 13.2. The highest BCUT2D eigenvalue weighted by molar-refractivity contribution is 8.00.